The topological polar surface area (TPSA) is 38.7 Å². The van der Waals surface area contributed by atoms with E-state index in [2.05, 4.69) is 73.7 Å². The van der Waals surface area contributed by atoms with E-state index in [4.69, 9.17) is 9.73 Å². The molecule has 0 aromatic heterocycles. The Balaban J connectivity index is 1.11. The molecule has 3 nitrogen and oxygen atoms in total. The van der Waals surface area contributed by atoms with Crippen molar-refractivity contribution in [3.8, 4) is 5.75 Å². The van der Waals surface area contributed by atoms with Crippen LogP contribution in [0.2, 0.25) is 0 Å². The highest BCUT2D eigenvalue weighted by Gasteiger charge is 2.42. The lowest BCUT2D eigenvalue weighted by Crippen LogP contribution is -2.34. The maximum atomic E-state index is 14.2. The number of benzene rings is 3. The summed E-state index contributed by atoms with van der Waals surface area (Å²) in [5.41, 5.74) is 8.12. The van der Waals surface area contributed by atoms with Gasteiger partial charge < -0.3 is 4.74 Å². The second-order valence-corrected chi connectivity index (χ2v) is 12.1. The van der Waals surface area contributed by atoms with Gasteiger partial charge in [-0.3, -0.25) is 9.79 Å². The van der Waals surface area contributed by atoms with Gasteiger partial charge in [0.1, 0.15) is 5.75 Å². The molecule has 4 atom stereocenters. The molecular weight excluding hydrogens is 478 g/mol. The summed E-state index contributed by atoms with van der Waals surface area (Å²) in [6.45, 7) is 2.92. The first-order chi connectivity index (χ1) is 19.2. The molecule has 0 amide bonds. The minimum absolute atomic E-state index is 0.0256. The highest BCUT2D eigenvalue weighted by Crippen LogP contribution is 2.54. The predicted molar refractivity (Wildman–Crippen MR) is 156 cm³/mol. The molecule has 39 heavy (non-hydrogen) atoms. The SMILES string of the molecule is CC1=NC2=C(CCC(Cc3ccc4c(c3)OCCC3CC43)CC2)C(=O)C1C(c1ccccc1)c1ccccc1. The molecule has 0 bridgehead atoms. The van der Waals surface area contributed by atoms with Crippen molar-refractivity contribution in [3.63, 3.8) is 0 Å². The first kappa shape index (κ1) is 24.6. The Hall–Kier alpha value is -3.46. The fraction of sp³-hybridized carbons (Fsp3) is 0.389. The van der Waals surface area contributed by atoms with Gasteiger partial charge in [-0.15, -0.1) is 0 Å². The van der Waals surface area contributed by atoms with Crippen LogP contribution in [-0.4, -0.2) is 18.1 Å². The predicted octanol–water partition coefficient (Wildman–Crippen LogP) is 8.05. The summed E-state index contributed by atoms with van der Waals surface area (Å²) in [5.74, 6) is 3.24. The van der Waals surface area contributed by atoms with Gasteiger partial charge in [-0.2, -0.15) is 0 Å². The number of ether oxygens (including phenoxy) is 1. The fourth-order valence-corrected chi connectivity index (χ4v) is 7.41. The number of carbonyl (C=O) groups is 1. The van der Waals surface area contributed by atoms with Crippen molar-refractivity contribution in [2.24, 2.45) is 22.7 Å². The van der Waals surface area contributed by atoms with E-state index >= 15 is 0 Å². The molecule has 3 aromatic rings. The third-order valence-corrected chi connectivity index (χ3v) is 9.60. The van der Waals surface area contributed by atoms with Gasteiger partial charge in [0.2, 0.25) is 0 Å². The summed E-state index contributed by atoms with van der Waals surface area (Å²) in [6.07, 6.45) is 7.41. The van der Waals surface area contributed by atoms with Gasteiger partial charge in [0, 0.05) is 22.9 Å². The molecule has 0 saturated heterocycles. The van der Waals surface area contributed by atoms with Crippen LogP contribution in [0.4, 0.5) is 0 Å². The van der Waals surface area contributed by atoms with Crippen LogP contribution in [0.3, 0.4) is 0 Å². The van der Waals surface area contributed by atoms with Gasteiger partial charge in [0.15, 0.2) is 5.78 Å². The molecule has 2 heterocycles. The molecule has 3 heteroatoms. The molecule has 3 aromatic carbocycles. The number of ketones is 1. The first-order valence-corrected chi connectivity index (χ1v) is 14.8. The van der Waals surface area contributed by atoms with Crippen LogP contribution in [0, 0.1) is 17.8 Å². The average Bonchev–Trinajstić information content (AvgIpc) is 3.77. The third-order valence-electron chi connectivity index (χ3n) is 9.60. The van der Waals surface area contributed by atoms with Crippen LogP contribution in [-0.2, 0) is 11.2 Å². The Morgan fingerprint density at radius 2 is 1.62 bits per heavy atom. The summed E-state index contributed by atoms with van der Waals surface area (Å²) < 4.78 is 6.14. The lowest BCUT2D eigenvalue weighted by Gasteiger charge is -2.31. The number of allylic oxidation sites excluding steroid dienone is 2. The Morgan fingerprint density at radius 3 is 2.36 bits per heavy atom. The van der Waals surface area contributed by atoms with Crippen molar-refractivity contribution in [2.75, 3.05) is 6.61 Å². The number of rotatable bonds is 5. The molecule has 198 valence electrons. The molecule has 2 aliphatic carbocycles. The van der Waals surface area contributed by atoms with E-state index < -0.39 is 0 Å². The van der Waals surface area contributed by atoms with Crippen LogP contribution < -0.4 is 4.74 Å². The van der Waals surface area contributed by atoms with Crippen molar-refractivity contribution in [2.45, 2.75) is 63.7 Å². The van der Waals surface area contributed by atoms with Crippen LogP contribution in [0.15, 0.2) is 95.1 Å². The van der Waals surface area contributed by atoms with Crippen molar-refractivity contribution in [1.29, 1.82) is 0 Å². The van der Waals surface area contributed by atoms with Crippen molar-refractivity contribution >= 4 is 11.5 Å². The number of aliphatic imine (C=N–C) groups is 1. The van der Waals surface area contributed by atoms with Crippen LogP contribution in [0.5, 0.6) is 5.75 Å². The van der Waals surface area contributed by atoms with Crippen molar-refractivity contribution in [3.05, 3.63) is 112 Å². The molecule has 0 N–H and O–H groups in total. The normalized spacial score (nSPS) is 26.0. The summed E-state index contributed by atoms with van der Waals surface area (Å²) >= 11 is 0. The first-order valence-electron chi connectivity index (χ1n) is 14.8. The Bertz CT molecular complexity index is 1400. The van der Waals surface area contributed by atoms with E-state index in [0.29, 0.717) is 5.92 Å². The zero-order valence-electron chi connectivity index (χ0n) is 22.8. The monoisotopic (exact) mass is 515 g/mol. The number of fused-ring (bicyclic) bond motifs is 3. The quantitative estimate of drug-likeness (QED) is 0.345. The maximum Gasteiger partial charge on any atom is 0.170 e. The van der Waals surface area contributed by atoms with Gasteiger partial charge in [0.05, 0.1) is 12.5 Å². The van der Waals surface area contributed by atoms with Crippen molar-refractivity contribution < 1.29 is 9.53 Å². The second-order valence-electron chi connectivity index (χ2n) is 12.1. The second kappa shape index (κ2) is 10.3. The summed E-state index contributed by atoms with van der Waals surface area (Å²) in [6, 6.07) is 27.9. The van der Waals surface area contributed by atoms with Crippen LogP contribution in [0.1, 0.15) is 79.5 Å². The third kappa shape index (κ3) is 4.77. The summed E-state index contributed by atoms with van der Waals surface area (Å²) in [4.78, 5) is 19.4. The molecule has 0 spiro atoms. The lowest BCUT2D eigenvalue weighted by atomic mass is 9.73. The standard InChI is InChI=1S/C36H37NO2/c1-23-34(35(26-8-4-2-5-9-26)27-10-6-3-7-11-27)36(38)30-16-12-24(14-17-32(30)37-23)20-25-13-15-29-31-22-28(31)18-19-39-33(29)21-25/h2-11,13,15,21,24,28,31,34-35H,12,14,16-20,22H2,1H3. The van der Waals surface area contributed by atoms with Crippen LogP contribution in [0.25, 0.3) is 0 Å². The lowest BCUT2D eigenvalue weighted by molar-refractivity contribution is -0.118. The molecular formula is C36H37NO2. The molecule has 0 radical (unpaired) electrons. The molecule has 1 fully saturated rings. The van der Waals surface area contributed by atoms with E-state index in [-0.39, 0.29) is 17.6 Å². The van der Waals surface area contributed by atoms with Crippen molar-refractivity contribution in [1.82, 2.24) is 0 Å². The largest absolute Gasteiger partial charge is 0.493 e. The summed E-state index contributed by atoms with van der Waals surface area (Å²) in [7, 11) is 0. The van der Waals surface area contributed by atoms with E-state index in [0.717, 1.165) is 73.3 Å². The van der Waals surface area contributed by atoms with E-state index in [1.807, 2.05) is 12.1 Å². The van der Waals surface area contributed by atoms with E-state index in [1.165, 1.54) is 35.1 Å². The Morgan fingerprint density at radius 1 is 0.897 bits per heavy atom. The van der Waals surface area contributed by atoms with E-state index in [1.54, 1.807) is 0 Å². The summed E-state index contributed by atoms with van der Waals surface area (Å²) in [5, 5.41) is 0. The van der Waals surface area contributed by atoms with Gasteiger partial charge in [0.25, 0.3) is 0 Å². The molecule has 4 unspecified atom stereocenters. The highest BCUT2D eigenvalue weighted by atomic mass is 16.5. The molecule has 4 aliphatic rings. The van der Waals surface area contributed by atoms with Crippen LogP contribution >= 0.6 is 0 Å². The van der Waals surface area contributed by atoms with Gasteiger partial charge in [-0.1, -0.05) is 72.8 Å². The zero-order valence-corrected chi connectivity index (χ0v) is 22.8. The number of carbonyl (C=O) groups excluding carboxylic acids is 1. The number of Topliss-reactive ketones (excluding diaryl/α,β-unsaturated/α-hetero) is 1. The van der Waals surface area contributed by atoms with Gasteiger partial charge in [-0.05, 0) is 97.9 Å². The number of nitrogens with zero attached hydrogens (tertiary/aromatic N) is 1. The van der Waals surface area contributed by atoms with Gasteiger partial charge in [-0.25, -0.2) is 0 Å². The Kier molecular flexibility index (Phi) is 6.46. The maximum absolute atomic E-state index is 14.2. The molecule has 7 rings (SSSR count). The van der Waals surface area contributed by atoms with Gasteiger partial charge >= 0.3 is 0 Å². The number of hydrogen-bond acceptors (Lipinski definition) is 3. The number of hydrogen-bond donors (Lipinski definition) is 0. The average molecular weight is 516 g/mol. The highest BCUT2D eigenvalue weighted by molar-refractivity contribution is 6.15. The minimum Gasteiger partial charge on any atom is -0.493 e. The smallest absolute Gasteiger partial charge is 0.170 e. The van der Waals surface area contributed by atoms with E-state index in [9.17, 15) is 4.79 Å². The molecule has 1 saturated carbocycles. The Labute approximate surface area is 232 Å². The fourth-order valence-electron chi connectivity index (χ4n) is 7.41. The minimum atomic E-state index is -0.252. The molecule has 2 aliphatic heterocycles. The zero-order chi connectivity index (χ0) is 26.3.